The molecule has 23 heavy (non-hydrogen) atoms. The van der Waals surface area contributed by atoms with Gasteiger partial charge < -0.3 is 19.3 Å². The van der Waals surface area contributed by atoms with E-state index in [0.717, 1.165) is 16.8 Å². The lowest BCUT2D eigenvalue weighted by atomic mass is 10.2. The van der Waals surface area contributed by atoms with E-state index < -0.39 is 0 Å². The molecular formula is C17H17N3O3. The fraction of sp³-hybridized carbons (Fsp3) is 0.294. The smallest absolute Gasteiger partial charge is 0.259 e. The van der Waals surface area contributed by atoms with Crippen molar-refractivity contribution in [2.45, 2.75) is 18.8 Å². The second-order valence-corrected chi connectivity index (χ2v) is 5.62. The molecule has 1 saturated carbocycles. The summed E-state index contributed by atoms with van der Waals surface area (Å²) in [6.45, 7) is 0. The van der Waals surface area contributed by atoms with Gasteiger partial charge >= 0.3 is 0 Å². The highest BCUT2D eigenvalue weighted by molar-refractivity contribution is 5.79. The number of fused-ring (bicyclic) bond motifs is 1. The van der Waals surface area contributed by atoms with E-state index in [1.807, 2.05) is 30.3 Å². The summed E-state index contributed by atoms with van der Waals surface area (Å²) < 4.78 is 15.9. The molecule has 118 valence electrons. The number of hydrogen-bond donors (Lipinski definition) is 1. The molecule has 1 fully saturated rings. The van der Waals surface area contributed by atoms with Crippen LogP contribution in [0.1, 0.15) is 24.5 Å². The second-order valence-electron chi connectivity index (χ2n) is 5.62. The van der Waals surface area contributed by atoms with Crippen LogP contribution < -0.4 is 14.8 Å². The Morgan fingerprint density at radius 1 is 1.09 bits per heavy atom. The number of benzene rings is 1. The fourth-order valence-electron chi connectivity index (χ4n) is 2.59. The number of nitrogens with zero attached hydrogens (tertiary/aromatic N) is 2. The zero-order valence-corrected chi connectivity index (χ0v) is 13.0. The van der Waals surface area contributed by atoms with Crippen LogP contribution >= 0.6 is 0 Å². The number of aromatic nitrogens is 2. The largest absolute Gasteiger partial charge is 0.497 e. The first-order chi connectivity index (χ1) is 11.3. The average molecular weight is 311 g/mol. The standard InChI is InChI=1S/C17H17N3O3/c1-21-12-7-11(8-13(9-12)22-2)18-15-6-5-14-16(10-3-4-10)20-23-17(14)19-15/h5-10H,3-4H2,1-2H3,(H,18,19). The molecule has 2 heterocycles. The van der Waals surface area contributed by atoms with Crippen LogP contribution in [0.4, 0.5) is 11.5 Å². The average Bonchev–Trinajstić information content (AvgIpc) is 3.34. The quantitative estimate of drug-likeness (QED) is 0.771. The third kappa shape index (κ3) is 2.67. The number of rotatable bonds is 5. The lowest BCUT2D eigenvalue weighted by Gasteiger charge is -2.10. The van der Waals surface area contributed by atoms with Gasteiger partial charge in [0.15, 0.2) is 0 Å². The molecule has 4 rings (SSSR count). The molecule has 1 N–H and O–H groups in total. The SMILES string of the molecule is COc1cc(Nc2ccc3c(C4CC4)noc3n2)cc(OC)c1. The topological polar surface area (TPSA) is 69.4 Å². The molecule has 1 aliphatic carbocycles. The first kappa shape index (κ1) is 13.9. The van der Waals surface area contributed by atoms with Gasteiger partial charge in [0.25, 0.3) is 5.71 Å². The molecule has 6 heteroatoms. The first-order valence-corrected chi connectivity index (χ1v) is 7.53. The normalized spacial score (nSPS) is 14.0. The summed E-state index contributed by atoms with van der Waals surface area (Å²) in [7, 11) is 3.24. The van der Waals surface area contributed by atoms with E-state index in [9.17, 15) is 0 Å². The number of anilines is 2. The Hall–Kier alpha value is -2.76. The minimum Gasteiger partial charge on any atom is -0.497 e. The Bertz CT molecular complexity index is 833. The molecule has 1 aromatic carbocycles. The Morgan fingerprint density at radius 2 is 1.83 bits per heavy atom. The van der Waals surface area contributed by atoms with E-state index in [1.165, 1.54) is 12.8 Å². The predicted octanol–water partition coefficient (Wildman–Crippen LogP) is 3.86. The van der Waals surface area contributed by atoms with Crippen molar-refractivity contribution in [3.63, 3.8) is 0 Å². The van der Waals surface area contributed by atoms with Gasteiger partial charge in [-0.2, -0.15) is 4.98 Å². The third-order valence-corrected chi connectivity index (χ3v) is 3.95. The first-order valence-electron chi connectivity index (χ1n) is 7.53. The van der Waals surface area contributed by atoms with Crippen molar-refractivity contribution in [2.24, 2.45) is 0 Å². The van der Waals surface area contributed by atoms with Crippen molar-refractivity contribution in [1.29, 1.82) is 0 Å². The van der Waals surface area contributed by atoms with Gasteiger partial charge in [-0.3, -0.25) is 0 Å². The third-order valence-electron chi connectivity index (χ3n) is 3.95. The van der Waals surface area contributed by atoms with Gasteiger partial charge in [-0.15, -0.1) is 0 Å². The maximum absolute atomic E-state index is 5.37. The summed E-state index contributed by atoms with van der Waals surface area (Å²) in [4.78, 5) is 4.49. The molecule has 1 aliphatic rings. The number of pyridine rings is 1. The van der Waals surface area contributed by atoms with Gasteiger partial charge in [0.1, 0.15) is 17.3 Å². The van der Waals surface area contributed by atoms with Crippen molar-refractivity contribution >= 4 is 22.6 Å². The molecule has 0 amide bonds. The molecular weight excluding hydrogens is 294 g/mol. The van der Waals surface area contributed by atoms with Gasteiger partial charge in [-0.05, 0) is 25.0 Å². The van der Waals surface area contributed by atoms with E-state index in [4.69, 9.17) is 14.0 Å². The molecule has 3 aromatic rings. The van der Waals surface area contributed by atoms with Crippen LogP contribution in [-0.2, 0) is 0 Å². The number of hydrogen-bond acceptors (Lipinski definition) is 6. The Labute approximate surface area is 133 Å². The summed E-state index contributed by atoms with van der Waals surface area (Å²) in [5.74, 6) is 2.65. The number of nitrogens with one attached hydrogen (secondary N) is 1. The molecule has 0 saturated heterocycles. The van der Waals surface area contributed by atoms with Gasteiger partial charge in [0, 0.05) is 29.8 Å². The van der Waals surface area contributed by atoms with Crippen LogP contribution in [0.3, 0.4) is 0 Å². The van der Waals surface area contributed by atoms with E-state index >= 15 is 0 Å². The second kappa shape index (κ2) is 5.46. The van der Waals surface area contributed by atoms with Crippen molar-refractivity contribution in [1.82, 2.24) is 10.1 Å². The minimum absolute atomic E-state index is 0.541. The molecule has 0 bridgehead atoms. The van der Waals surface area contributed by atoms with Crippen LogP contribution in [0.15, 0.2) is 34.9 Å². The Morgan fingerprint density at radius 3 is 2.48 bits per heavy atom. The molecule has 0 spiro atoms. The van der Waals surface area contributed by atoms with E-state index in [2.05, 4.69) is 15.5 Å². The zero-order chi connectivity index (χ0) is 15.8. The fourth-order valence-corrected chi connectivity index (χ4v) is 2.59. The zero-order valence-electron chi connectivity index (χ0n) is 13.0. The van der Waals surface area contributed by atoms with Gasteiger partial charge in [0.2, 0.25) is 0 Å². The van der Waals surface area contributed by atoms with Crippen molar-refractivity contribution < 1.29 is 14.0 Å². The molecule has 0 radical (unpaired) electrons. The van der Waals surface area contributed by atoms with Crippen LogP contribution in [0.2, 0.25) is 0 Å². The summed E-state index contributed by atoms with van der Waals surface area (Å²) in [6.07, 6.45) is 2.37. The van der Waals surface area contributed by atoms with Gasteiger partial charge in [0.05, 0.1) is 25.3 Å². The van der Waals surface area contributed by atoms with Crippen LogP contribution in [0.25, 0.3) is 11.1 Å². The maximum atomic E-state index is 5.37. The summed E-state index contributed by atoms with van der Waals surface area (Å²) in [5.41, 5.74) is 2.42. The van der Waals surface area contributed by atoms with Crippen molar-refractivity contribution in [3.05, 3.63) is 36.0 Å². The highest BCUT2D eigenvalue weighted by Gasteiger charge is 2.29. The summed E-state index contributed by atoms with van der Waals surface area (Å²) in [5, 5.41) is 8.40. The Balaban J connectivity index is 1.64. The van der Waals surface area contributed by atoms with Crippen molar-refractivity contribution in [3.8, 4) is 11.5 Å². The number of ether oxygens (including phenoxy) is 2. The minimum atomic E-state index is 0.541. The van der Waals surface area contributed by atoms with E-state index in [0.29, 0.717) is 28.9 Å². The van der Waals surface area contributed by atoms with Crippen LogP contribution in [-0.4, -0.2) is 24.4 Å². The molecule has 6 nitrogen and oxygen atoms in total. The van der Waals surface area contributed by atoms with E-state index in [1.54, 1.807) is 14.2 Å². The summed E-state index contributed by atoms with van der Waals surface area (Å²) in [6, 6.07) is 9.51. The van der Waals surface area contributed by atoms with Crippen LogP contribution in [0, 0.1) is 0 Å². The lowest BCUT2D eigenvalue weighted by molar-refractivity contribution is 0.395. The maximum Gasteiger partial charge on any atom is 0.259 e. The lowest BCUT2D eigenvalue weighted by Crippen LogP contribution is -1.95. The predicted molar refractivity (Wildman–Crippen MR) is 86.6 cm³/mol. The molecule has 0 unspecified atom stereocenters. The molecule has 0 atom stereocenters. The molecule has 0 aliphatic heterocycles. The van der Waals surface area contributed by atoms with Crippen molar-refractivity contribution in [2.75, 3.05) is 19.5 Å². The highest BCUT2D eigenvalue weighted by atomic mass is 16.5. The molecule has 2 aromatic heterocycles. The highest BCUT2D eigenvalue weighted by Crippen LogP contribution is 2.42. The number of methoxy groups -OCH3 is 2. The Kier molecular flexibility index (Phi) is 3.29. The van der Waals surface area contributed by atoms with Gasteiger partial charge in [-0.1, -0.05) is 5.16 Å². The van der Waals surface area contributed by atoms with E-state index in [-0.39, 0.29) is 0 Å². The van der Waals surface area contributed by atoms with Crippen LogP contribution in [0.5, 0.6) is 11.5 Å². The summed E-state index contributed by atoms with van der Waals surface area (Å²) >= 11 is 0. The monoisotopic (exact) mass is 311 g/mol. The van der Waals surface area contributed by atoms with Gasteiger partial charge in [-0.25, -0.2) is 0 Å².